The highest BCUT2D eigenvalue weighted by Crippen LogP contribution is 2.25. The summed E-state index contributed by atoms with van der Waals surface area (Å²) in [6.07, 6.45) is 6.43. The highest BCUT2D eigenvalue weighted by molar-refractivity contribution is 9.10. The Morgan fingerprint density at radius 3 is 3.00 bits per heavy atom. The minimum absolute atomic E-state index is 0.423. The van der Waals surface area contributed by atoms with Crippen LogP contribution in [0.15, 0.2) is 22.7 Å². The van der Waals surface area contributed by atoms with Crippen LogP contribution in [0.2, 0.25) is 0 Å². The minimum Gasteiger partial charge on any atom is -0.377 e. The number of ether oxygens (including phenoxy) is 1. The van der Waals surface area contributed by atoms with Gasteiger partial charge in [-0.3, -0.25) is 0 Å². The van der Waals surface area contributed by atoms with Gasteiger partial charge in [-0.05, 0) is 62.3 Å². The SMILES string of the molecule is CC(NC1CCc2cc(Br)ccc2C1)C1CCCO1. The van der Waals surface area contributed by atoms with Crippen molar-refractivity contribution < 1.29 is 4.74 Å². The van der Waals surface area contributed by atoms with Gasteiger partial charge in [-0.1, -0.05) is 22.0 Å². The molecule has 0 radical (unpaired) electrons. The Hall–Kier alpha value is -0.380. The molecule has 3 rings (SSSR count). The van der Waals surface area contributed by atoms with Crippen LogP contribution < -0.4 is 5.32 Å². The lowest BCUT2D eigenvalue weighted by Crippen LogP contribution is -2.45. The summed E-state index contributed by atoms with van der Waals surface area (Å²) in [6.45, 7) is 3.21. The van der Waals surface area contributed by atoms with Crippen LogP contribution in [0.1, 0.15) is 37.3 Å². The first-order valence-electron chi connectivity index (χ1n) is 7.37. The standard InChI is InChI=1S/C16H22BrNO/c1-11(16-3-2-8-19-16)18-15-7-5-12-9-14(17)6-4-13(12)10-15/h4,6,9,11,15-16,18H,2-3,5,7-8,10H2,1H3. The highest BCUT2D eigenvalue weighted by atomic mass is 79.9. The van der Waals surface area contributed by atoms with Crippen molar-refractivity contribution in [1.82, 2.24) is 5.32 Å². The molecule has 3 heteroatoms. The summed E-state index contributed by atoms with van der Waals surface area (Å²) < 4.78 is 6.97. The average molecular weight is 324 g/mol. The van der Waals surface area contributed by atoms with Crippen LogP contribution in [0, 0.1) is 0 Å². The number of fused-ring (bicyclic) bond motifs is 1. The monoisotopic (exact) mass is 323 g/mol. The maximum absolute atomic E-state index is 5.77. The topological polar surface area (TPSA) is 21.3 Å². The predicted octanol–water partition coefficient (Wildman–Crippen LogP) is 3.46. The Morgan fingerprint density at radius 2 is 2.21 bits per heavy atom. The summed E-state index contributed by atoms with van der Waals surface area (Å²) in [7, 11) is 0. The van der Waals surface area contributed by atoms with E-state index in [0.717, 1.165) is 13.0 Å². The third-order valence-electron chi connectivity index (χ3n) is 4.42. The van der Waals surface area contributed by atoms with Gasteiger partial charge in [0.25, 0.3) is 0 Å². The summed E-state index contributed by atoms with van der Waals surface area (Å²) in [5.74, 6) is 0. The Bertz CT molecular complexity index is 442. The zero-order valence-corrected chi connectivity index (χ0v) is 13.1. The van der Waals surface area contributed by atoms with Gasteiger partial charge in [0.1, 0.15) is 0 Å². The van der Waals surface area contributed by atoms with E-state index in [1.54, 1.807) is 0 Å². The van der Waals surface area contributed by atoms with Gasteiger partial charge >= 0.3 is 0 Å². The van der Waals surface area contributed by atoms with Gasteiger partial charge < -0.3 is 10.1 Å². The quantitative estimate of drug-likeness (QED) is 0.919. The average Bonchev–Trinajstić information content (AvgIpc) is 2.93. The predicted molar refractivity (Wildman–Crippen MR) is 81.5 cm³/mol. The second kappa shape index (κ2) is 5.94. The first kappa shape index (κ1) is 13.6. The molecule has 1 aliphatic carbocycles. The van der Waals surface area contributed by atoms with E-state index in [1.807, 2.05) is 0 Å². The fourth-order valence-electron chi connectivity index (χ4n) is 3.34. The van der Waals surface area contributed by atoms with Crippen molar-refractivity contribution >= 4 is 15.9 Å². The van der Waals surface area contributed by atoms with Crippen LogP contribution in [0.5, 0.6) is 0 Å². The Labute approximate surface area is 124 Å². The van der Waals surface area contributed by atoms with E-state index >= 15 is 0 Å². The molecule has 1 fully saturated rings. The number of benzene rings is 1. The fourth-order valence-corrected chi connectivity index (χ4v) is 3.75. The van der Waals surface area contributed by atoms with E-state index < -0.39 is 0 Å². The maximum Gasteiger partial charge on any atom is 0.0726 e. The Kier molecular flexibility index (Phi) is 4.25. The van der Waals surface area contributed by atoms with Crippen LogP contribution in [0.4, 0.5) is 0 Å². The molecule has 0 bridgehead atoms. The van der Waals surface area contributed by atoms with Crippen LogP contribution in [-0.2, 0) is 17.6 Å². The molecule has 2 aliphatic rings. The smallest absolute Gasteiger partial charge is 0.0726 e. The lowest BCUT2D eigenvalue weighted by Gasteiger charge is -2.30. The van der Waals surface area contributed by atoms with Crippen molar-refractivity contribution in [2.75, 3.05) is 6.61 Å². The van der Waals surface area contributed by atoms with Crippen LogP contribution >= 0.6 is 15.9 Å². The highest BCUT2D eigenvalue weighted by Gasteiger charge is 2.26. The number of nitrogens with one attached hydrogen (secondary N) is 1. The Balaban J connectivity index is 1.60. The molecule has 3 atom stereocenters. The lowest BCUT2D eigenvalue weighted by molar-refractivity contribution is 0.0789. The second-order valence-electron chi connectivity index (χ2n) is 5.86. The molecule has 1 aromatic carbocycles. The number of hydrogen-bond donors (Lipinski definition) is 1. The fraction of sp³-hybridized carbons (Fsp3) is 0.625. The van der Waals surface area contributed by atoms with Crippen molar-refractivity contribution in [3.63, 3.8) is 0 Å². The molecule has 1 N–H and O–H groups in total. The molecule has 3 unspecified atom stereocenters. The van der Waals surface area contributed by atoms with E-state index in [1.165, 1.54) is 41.3 Å². The molecule has 0 spiro atoms. The summed E-state index contributed by atoms with van der Waals surface area (Å²) in [5.41, 5.74) is 3.02. The van der Waals surface area contributed by atoms with E-state index in [9.17, 15) is 0 Å². The maximum atomic E-state index is 5.77. The first-order valence-corrected chi connectivity index (χ1v) is 8.16. The minimum atomic E-state index is 0.423. The van der Waals surface area contributed by atoms with E-state index in [4.69, 9.17) is 4.74 Å². The van der Waals surface area contributed by atoms with Gasteiger partial charge in [-0.2, -0.15) is 0 Å². The van der Waals surface area contributed by atoms with Crippen molar-refractivity contribution in [2.45, 2.75) is 57.2 Å². The summed E-state index contributed by atoms with van der Waals surface area (Å²) in [5, 5.41) is 3.78. The molecule has 0 saturated carbocycles. The van der Waals surface area contributed by atoms with E-state index in [-0.39, 0.29) is 0 Å². The summed E-state index contributed by atoms with van der Waals surface area (Å²) in [4.78, 5) is 0. The molecule has 1 aliphatic heterocycles. The third kappa shape index (κ3) is 3.21. The number of rotatable bonds is 3. The molecule has 1 heterocycles. The molecule has 0 amide bonds. The molecule has 104 valence electrons. The van der Waals surface area contributed by atoms with Gasteiger partial charge in [0.2, 0.25) is 0 Å². The Morgan fingerprint density at radius 1 is 1.32 bits per heavy atom. The van der Waals surface area contributed by atoms with Crippen molar-refractivity contribution in [2.24, 2.45) is 0 Å². The number of aryl methyl sites for hydroxylation is 1. The molecule has 1 saturated heterocycles. The largest absolute Gasteiger partial charge is 0.377 e. The zero-order valence-electron chi connectivity index (χ0n) is 11.5. The lowest BCUT2D eigenvalue weighted by atomic mass is 9.88. The molecule has 19 heavy (non-hydrogen) atoms. The van der Waals surface area contributed by atoms with Crippen molar-refractivity contribution in [1.29, 1.82) is 0 Å². The van der Waals surface area contributed by atoms with Gasteiger partial charge in [0, 0.05) is 23.2 Å². The normalized spacial score (nSPS) is 28.1. The van der Waals surface area contributed by atoms with Crippen molar-refractivity contribution in [3.05, 3.63) is 33.8 Å². The van der Waals surface area contributed by atoms with Crippen molar-refractivity contribution in [3.8, 4) is 0 Å². The second-order valence-corrected chi connectivity index (χ2v) is 6.78. The van der Waals surface area contributed by atoms with Crippen LogP contribution in [0.3, 0.4) is 0 Å². The van der Waals surface area contributed by atoms with E-state index in [0.29, 0.717) is 18.2 Å². The van der Waals surface area contributed by atoms with Crippen LogP contribution in [-0.4, -0.2) is 24.8 Å². The molecule has 1 aromatic rings. The molecule has 0 aromatic heterocycles. The summed E-state index contributed by atoms with van der Waals surface area (Å²) >= 11 is 3.56. The number of hydrogen-bond acceptors (Lipinski definition) is 2. The van der Waals surface area contributed by atoms with Crippen LogP contribution in [0.25, 0.3) is 0 Å². The third-order valence-corrected chi connectivity index (χ3v) is 4.91. The molecule has 2 nitrogen and oxygen atoms in total. The van der Waals surface area contributed by atoms with E-state index in [2.05, 4.69) is 46.4 Å². The van der Waals surface area contributed by atoms with Gasteiger partial charge in [-0.15, -0.1) is 0 Å². The first-order chi connectivity index (χ1) is 9.22. The zero-order chi connectivity index (χ0) is 13.2. The molecular formula is C16H22BrNO. The van der Waals surface area contributed by atoms with Gasteiger partial charge in [0.15, 0.2) is 0 Å². The van der Waals surface area contributed by atoms with Gasteiger partial charge in [0.05, 0.1) is 6.10 Å². The van der Waals surface area contributed by atoms with Gasteiger partial charge in [-0.25, -0.2) is 0 Å². The molecular weight excluding hydrogens is 302 g/mol. The summed E-state index contributed by atoms with van der Waals surface area (Å²) in [6, 6.07) is 7.78. The number of halogens is 1.